The quantitative estimate of drug-likeness (QED) is 0.174. The van der Waals surface area contributed by atoms with Crippen molar-refractivity contribution in [3.63, 3.8) is 0 Å². The maximum Gasteiger partial charge on any atom is 0.220 e. The molecule has 0 aromatic heterocycles. The van der Waals surface area contributed by atoms with Gasteiger partial charge in [-0.25, -0.2) is 0 Å². The summed E-state index contributed by atoms with van der Waals surface area (Å²) in [7, 11) is 0. The van der Waals surface area contributed by atoms with Crippen LogP contribution in [0, 0.1) is 0 Å². The number of rotatable bonds is 17. The van der Waals surface area contributed by atoms with Crippen LogP contribution in [-0.4, -0.2) is 63.6 Å². The third-order valence-electron chi connectivity index (χ3n) is 5.79. The van der Waals surface area contributed by atoms with Gasteiger partial charge in [-0.05, 0) is 32.1 Å². The molecule has 1 aliphatic heterocycles. The topological polar surface area (TPSA) is 119 Å². The molecule has 7 heteroatoms. The Bertz CT molecular complexity index is 507. The highest BCUT2D eigenvalue weighted by atomic mass is 16.6. The molecule has 0 aliphatic carbocycles. The van der Waals surface area contributed by atoms with Crippen molar-refractivity contribution in [3.05, 3.63) is 12.2 Å². The Morgan fingerprint density at radius 1 is 0.903 bits per heavy atom. The summed E-state index contributed by atoms with van der Waals surface area (Å²) in [5, 5.41) is 41.4. The van der Waals surface area contributed by atoms with Gasteiger partial charge in [0, 0.05) is 7.79 Å². The van der Waals surface area contributed by atoms with E-state index < -0.39 is 37.3 Å². The second kappa shape index (κ2) is 17.6. The van der Waals surface area contributed by atoms with E-state index in [9.17, 15) is 20.1 Å². The monoisotopic (exact) mass is 444 g/mol. The van der Waals surface area contributed by atoms with Gasteiger partial charge in [-0.1, -0.05) is 70.4 Å². The molecule has 0 saturated carbocycles. The number of ether oxygens (including phenoxy) is 1. The summed E-state index contributed by atoms with van der Waals surface area (Å²) >= 11 is 0. The molecule has 0 bridgehead atoms. The van der Waals surface area contributed by atoms with Gasteiger partial charge in [0.15, 0.2) is 6.29 Å². The lowest BCUT2D eigenvalue weighted by molar-refractivity contribution is -0.253. The molecule has 0 aromatic carbocycles. The molecular weight excluding hydrogens is 398 g/mol. The standard InChI is InChI=1S/C24H45NO6/c1-2-3-4-5-6-7-8-9-10-11-12-13-14-15-16-17-20(27)25-21-23(29)22(28)19(18-26)31-24(21)30/h9-10,19,21-24,26,28-30H,2-8,11-18H2,1H3,(H,25,27)/b10-9-/t19-,21-,22-,23-,24?/m1/s1/i1D. The minimum atomic E-state index is -1.47. The summed E-state index contributed by atoms with van der Waals surface area (Å²) in [6.45, 7) is 0.0310. The van der Waals surface area contributed by atoms with Crippen molar-refractivity contribution in [2.75, 3.05) is 6.61 Å². The molecule has 1 fully saturated rings. The van der Waals surface area contributed by atoms with E-state index in [0.717, 1.165) is 51.4 Å². The lowest BCUT2D eigenvalue weighted by Crippen LogP contribution is -2.64. The summed E-state index contributed by atoms with van der Waals surface area (Å²) in [4.78, 5) is 12.1. The lowest BCUT2D eigenvalue weighted by atomic mass is 9.97. The van der Waals surface area contributed by atoms with E-state index in [0.29, 0.717) is 13.3 Å². The number of carbonyl (C=O) groups excluding carboxylic acids is 1. The number of unbranched alkanes of at least 4 members (excludes halogenated alkanes) is 11. The van der Waals surface area contributed by atoms with Crippen LogP contribution in [0.4, 0.5) is 0 Å². The van der Waals surface area contributed by atoms with Crippen LogP contribution >= 0.6 is 0 Å². The Kier molecular flexibility index (Phi) is 14.9. The average molecular weight is 445 g/mol. The van der Waals surface area contributed by atoms with E-state index in [1.165, 1.54) is 32.1 Å². The number of nitrogens with one attached hydrogen (secondary N) is 1. The Hall–Kier alpha value is -0.990. The molecule has 1 aliphatic rings. The molecule has 1 heterocycles. The predicted molar refractivity (Wildman–Crippen MR) is 121 cm³/mol. The smallest absolute Gasteiger partial charge is 0.220 e. The van der Waals surface area contributed by atoms with Crippen LogP contribution in [0.25, 0.3) is 0 Å². The molecule has 0 aromatic rings. The van der Waals surface area contributed by atoms with Gasteiger partial charge >= 0.3 is 0 Å². The van der Waals surface area contributed by atoms with Gasteiger partial charge in [0.1, 0.15) is 24.4 Å². The van der Waals surface area contributed by atoms with Crippen molar-refractivity contribution in [3.8, 4) is 0 Å². The molecule has 1 rings (SSSR count). The largest absolute Gasteiger partial charge is 0.394 e. The van der Waals surface area contributed by atoms with Crippen LogP contribution in [-0.2, 0) is 9.53 Å². The van der Waals surface area contributed by atoms with E-state index in [-0.39, 0.29) is 5.91 Å². The van der Waals surface area contributed by atoms with E-state index >= 15 is 0 Å². The molecule has 1 amide bonds. The van der Waals surface area contributed by atoms with Gasteiger partial charge in [-0.15, -0.1) is 0 Å². The van der Waals surface area contributed by atoms with E-state index in [4.69, 9.17) is 11.2 Å². The normalized spacial score (nSPS) is 26.8. The van der Waals surface area contributed by atoms with Crippen molar-refractivity contribution >= 4 is 5.91 Å². The second-order valence-electron chi connectivity index (χ2n) is 8.51. The van der Waals surface area contributed by atoms with Gasteiger partial charge in [0.05, 0.1) is 6.61 Å². The first-order chi connectivity index (χ1) is 15.5. The minimum absolute atomic E-state index is 0.290. The third kappa shape index (κ3) is 12.0. The first kappa shape index (κ1) is 26.3. The Morgan fingerprint density at radius 2 is 1.48 bits per heavy atom. The molecule has 0 spiro atoms. The molecule has 5 N–H and O–H groups in total. The summed E-state index contributed by atoms with van der Waals surface area (Å²) in [6, 6.07) is -1.11. The lowest BCUT2D eigenvalue weighted by Gasteiger charge is -2.40. The number of amides is 1. The van der Waals surface area contributed by atoms with Gasteiger partial charge in [-0.2, -0.15) is 0 Å². The molecule has 182 valence electrons. The predicted octanol–water partition coefficient (Wildman–Crippen LogP) is 2.94. The first-order valence-electron chi connectivity index (χ1n) is 12.8. The van der Waals surface area contributed by atoms with E-state index in [1.807, 2.05) is 0 Å². The number of hydrogen-bond acceptors (Lipinski definition) is 6. The van der Waals surface area contributed by atoms with Crippen molar-refractivity contribution in [1.29, 1.82) is 0 Å². The van der Waals surface area contributed by atoms with Crippen LogP contribution < -0.4 is 5.32 Å². The zero-order valence-electron chi connectivity index (χ0n) is 20.0. The van der Waals surface area contributed by atoms with Gasteiger partial charge < -0.3 is 30.5 Å². The Balaban J connectivity index is 1.97. The van der Waals surface area contributed by atoms with Crippen LogP contribution in [0.3, 0.4) is 0 Å². The Labute approximate surface area is 189 Å². The molecule has 7 nitrogen and oxygen atoms in total. The highest BCUT2D eigenvalue weighted by Crippen LogP contribution is 2.20. The second-order valence-corrected chi connectivity index (χ2v) is 8.51. The minimum Gasteiger partial charge on any atom is -0.394 e. The molecule has 0 radical (unpaired) electrons. The fourth-order valence-electron chi connectivity index (χ4n) is 3.79. The van der Waals surface area contributed by atoms with Gasteiger partial charge in [0.2, 0.25) is 5.91 Å². The Morgan fingerprint density at radius 3 is 2.10 bits per heavy atom. The van der Waals surface area contributed by atoms with Crippen LogP contribution in [0.1, 0.15) is 98.2 Å². The van der Waals surface area contributed by atoms with Crippen molar-refractivity contribution in [1.82, 2.24) is 5.32 Å². The van der Waals surface area contributed by atoms with Crippen molar-refractivity contribution in [2.24, 2.45) is 0 Å². The maximum absolute atomic E-state index is 12.1. The number of carbonyl (C=O) groups is 1. The fraction of sp³-hybridized carbons (Fsp3) is 0.875. The SMILES string of the molecule is [2H]CCCCCCCC/C=C\CCCCCCCC(=O)N[C@H]1C(O)O[C@H](CO)[C@@H](O)[C@@H]1O. The van der Waals surface area contributed by atoms with Crippen LogP contribution in [0.5, 0.6) is 0 Å². The molecule has 1 saturated heterocycles. The number of aliphatic hydroxyl groups excluding tert-OH is 4. The van der Waals surface area contributed by atoms with Crippen LogP contribution in [0.2, 0.25) is 0 Å². The first-order valence-corrected chi connectivity index (χ1v) is 12.0. The third-order valence-corrected chi connectivity index (χ3v) is 5.79. The zero-order chi connectivity index (χ0) is 23.6. The molecule has 1 unspecified atom stereocenters. The summed E-state index contributed by atoms with van der Waals surface area (Å²) in [5.74, 6) is -0.300. The highest BCUT2D eigenvalue weighted by Gasteiger charge is 2.44. The van der Waals surface area contributed by atoms with Gasteiger partial charge in [-0.3, -0.25) is 4.79 Å². The zero-order valence-corrected chi connectivity index (χ0v) is 19.0. The maximum atomic E-state index is 12.1. The average Bonchev–Trinajstić information content (AvgIpc) is 2.78. The number of aliphatic hydroxyl groups is 4. The van der Waals surface area contributed by atoms with Gasteiger partial charge in [0.25, 0.3) is 0 Å². The van der Waals surface area contributed by atoms with E-state index in [2.05, 4.69) is 17.5 Å². The molecule has 31 heavy (non-hydrogen) atoms. The summed E-state index contributed by atoms with van der Waals surface area (Å²) < 4.78 is 12.1. The molecule has 5 atom stereocenters. The molecular formula is C24H45NO6. The number of hydrogen-bond donors (Lipinski definition) is 5. The summed E-state index contributed by atoms with van der Waals surface area (Å²) in [5.41, 5.74) is 0. The number of allylic oxidation sites excluding steroid dienone is 2. The van der Waals surface area contributed by atoms with E-state index in [1.54, 1.807) is 0 Å². The summed E-state index contributed by atoms with van der Waals surface area (Å²) in [6.07, 6.45) is 14.1. The van der Waals surface area contributed by atoms with Crippen molar-refractivity contribution in [2.45, 2.75) is 127 Å². The fourth-order valence-corrected chi connectivity index (χ4v) is 3.79. The van der Waals surface area contributed by atoms with Crippen LogP contribution in [0.15, 0.2) is 12.2 Å². The van der Waals surface area contributed by atoms with Crippen molar-refractivity contribution < 1.29 is 31.3 Å². The highest BCUT2D eigenvalue weighted by molar-refractivity contribution is 5.76.